The van der Waals surface area contributed by atoms with Crippen LogP contribution >= 0.6 is 0 Å². The molecule has 2 rings (SSSR count). The molecule has 3 nitrogen and oxygen atoms in total. The Morgan fingerprint density at radius 2 is 2.05 bits per heavy atom. The maximum Gasteiger partial charge on any atom is 0.0630 e. The second-order valence-electron chi connectivity index (χ2n) is 6.75. The SMILES string of the molecule is CCC(CC)n1ccc(CC(C)(C)CNC2CC2)n1. The van der Waals surface area contributed by atoms with E-state index in [2.05, 4.69) is 50.0 Å². The third-order valence-electron chi connectivity index (χ3n) is 4.09. The summed E-state index contributed by atoms with van der Waals surface area (Å²) < 4.78 is 2.15. The average Bonchev–Trinajstić information content (AvgIpc) is 3.10. The fourth-order valence-electron chi connectivity index (χ4n) is 2.60. The van der Waals surface area contributed by atoms with Gasteiger partial charge in [-0.2, -0.15) is 5.10 Å². The second kappa shape index (κ2) is 6.08. The van der Waals surface area contributed by atoms with Crippen LogP contribution in [0.3, 0.4) is 0 Å². The summed E-state index contributed by atoms with van der Waals surface area (Å²) in [6, 6.07) is 3.54. The van der Waals surface area contributed by atoms with Crippen molar-refractivity contribution in [3.63, 3.8) is 0 Å². The van der Waals surface area contributed by atoms with Gasteiger partial charge in [0.1, 0.15) is 0 Å². The number of nitrogens with one attached hydrogen (secondary N) is 1. The molecule has 1 saturated carbocycles. The Labute approximate surface area is 117 Å². The first-order valence-electron chi connectivity index (χ1n) is 7.81. The van der Waals surface area contributed by atoms with Crippen LogP contribution in [0.25, 0.3) is 0 Å². The molecule has 108 valence electrons. The molecule has 1 fully saturated rings. The molecule has 1 aliphatic carbocycles. The first-order valence-corrected chi connectivity index (χ1v) is 7.81. The highest BCUT2D eigenvalue weighted by Crippen LogP contribution is 2.25. The van der Waals surface area contributed by atoms with Gasteiger partial charge < -0.3 is 5.32 Å². The zero-order valence-corrected chi connectivity index (χ0v) is 12.9. The largest absolute Gasteiger partial charge is 0.313 e. The molecule has 1 heterocycles. The van der Waals surface area contributed by atoms with Crippen LogP contribution in [-0.2, 0) is 6.42 Å². The van der Waals surface area contributed by atoms with Crippen molar-refractivity contribution in [2.24, 2.45) is 5.41 Å². The molecule has 0 saturated heterocycles. The molecule has 0 radical (unpaired) electrons. The predicted molar refractivity (Wildman–Crippen MR) is 80.4 cm³/mol. The maximum atomic E-state index is 4.77. The van der Waals surface area contributed by atoms with Gasteiger partial charge in [0.15, 0.2) is 0 Å². The molecule has 0 aromatic carbocycles. The lowest BCUT2D eigenvalue weighted by atomic mass is 9.88. The van der Waals surface area contributed by atoms with Crippen LogP contribution in [0.2, 0.25) is 0 Å². The molecule has 19 heavy (non-hydrogen) atoms. The minimum absolute atomic E-state index is 0.287. The van der Waals surface area contributed by atoms with Crippen molar-refractivity contribution in [2.45, 2.75) is 71.9 Å². The summed E-state index contributed by atoms with van der Waals surface area (Å²) in [5, 5.41) is 8.40. The van der Waals surface area contributed by atoms with Crippen LogP contribution in [0.15, 0.2) is 12.3 Å². The zero-order chi connectivity index (χ0) is 13.9. The Kier molecular flexibility index (Phi) is 4.67. The van der Waals surface area contributed by atoms with Gasteiger partial charge in [-0.25, -0.2) is 0 Å². The molecular weight excluding hydrogens is 234 g/mol. The summed E-state index contributed by atoms with van der Waals surface area (Å²) in [4.78, 5) is 0. The van der Waals surface area contributed by atoms with Gasteiger partial charge in [-0.3, -0.25) is 4.68 Å². The van der Waals surface area contributed by atoms with Crippen molar-refractivity contribution in [3.05, 3.63) is 18.0 Å². The van der Waals surface area contributed by atoms with Crippen molar-refractivity contribution < 1.29 is 0 Å². The summed E-state index contributed by atoms with van der Waals surface area (Å²) in [6.45, 7) is 10.2. The summed E-state index contributed by atoms with van der Waals surface area (Å²) in [7, 11) is 0. The van der Waals surface area contributed by atoms with E-state index in [9.17, 15) is 0 Å². The Balaban J connectivity index is 1.90. The number of hydrogen-bond donors (Lipinski definition) is 1. The molecule has 0 aliphatic heterocycles. The third-order valence-corrected chi connectivity index (χ3v) is 4.09. The van der Waals surface area contributed by atoms with Gasteiger partial charge in [0, 0.05) is 18.8 Å². The highest BCUT2D eigenvalue weighted by atomic mass is 15.3. The normalized spacial score (nSPS) is 16.3. The van der Waals surface area contributed by atoms with E-state index in [1.165, 1.54) is 18.5 Å². The fourth-order valence-corrected chi connectivity index (χ4v) is 2.60. The minimum Gasteiger partial charge on any atom is -0.313 e. The molecule has 1 N–H and O–H groups in total. The quantitative estimate of drug-likeness (QED) is 0.777. The van der Waals surface area contributed by atoms with Gasteiger partial charge in [0.05, 0.1) is 11.7 Å². The number of aromatic nitrogens is 2. The maximum absolute atomic E-state index is 4.77. The lowest BCUT2D eigenvalue weighted by molar-refractivity contribution is 0.330. The van der Waals surface area contributed by atoms with Crippen LogP contribution in [0.4, 0.5) is 0 Å². The molecule has 0 spiro atoms. The van der Waals surface area contributed by atoms with Crippen molar-refractivity contribution in [1.82, 2.24) is 15.1 Å². The number of rotatable bonds is 8. The summed E-state index contributed by atoms with van der Waals surface area (Å²) in [6.07, 6.45) is 8.24. The first kappa shape index (κ1) is 14.6. The van der Waals surface area contributed by atoms with E-state index in [1.807, 2.05) is 0 Å². The highest BCUT2D eigenvalue weighted by Gasteiger charge is 2.26. The molecule has 1 aliphatic rings. The lowest BCUT2D eigenvalue weighted by Crippen LogP contribution is -2.32. The summed E-state index contributed by atoms with van der Waals surface area (Å²) >= 11 is 0. The van der Waals surface area contributed by atoms with Crippen molar-refractivity contribution in [3.8, 4) is 0 Å². The van der Waals surface area contributed by atoms with Crippen molar-refractivity contribution in [2.75, 3.05) is 6.54 Å². The van der Waals surface area contributed by atoms with E-state index in [0.717, 1.165) is 31.8 Å². The average molecular weight is 263 g/mol. The van der Waals surface area contributed by atoms with Crippen LogP contribution in [0.1, 0.15) is 65.1 Å². The molecule has 0 unspecified atom stereocenters. The smallest absolute Gasteiger partial charge is 0.0630 e. The van der Waals surface area contributed by atoms with Crippen molar-refractivity contribution >= 4 is 0 Å². The van der Waals surface area contributed by atoms with E-state index in [-0.39, 0.29) is 5.41 Å². The van der Waals surface area contributed by atoms with Gasteiger partial charge in [-0.05, 0) is 43.6 Å². The second-order valence-corrected chi connectivity index (χ2v) is 6.75. The molecule has 0 amide bonds. The Hall–Kier alpha value is -0.830. The van der Waals surface area contributed by atoms with E-state index < -0.39 is 0 Å². The Bertz CT molecular complexity index is 386. The third kappa shape index (κ3) is 4.34. The standard InChI is InChI=1S/C16H29N3/c1-5-15(6-2)19-10-9-14(18-19)11-16(3,4)12-17-13-7-8-13/h9-10,13,15,17H,5-8,11-12H2,1-4H3. The topological polar surface area (TPSA) is 29.9 Å². The highest BCUT2D eigenvalue weighted by molar-refractivity contribution is 5.03. The van der Waals surface area contributed by atoms with Crippen LogP contribution in [-0.4, -0.2) is 22.4 Å². The Morgan fingerprint density at radius 1 is 1.37 bits per heavy atom. The molecule has 0 atom stereocenters. The van der Waals surface area contributed by atoms with Crippen LogP contribution in [0, 0.1) is 5.41 Å². The fraction of sp³-hybridized carbons (Fsp3) is 0.812. The number of nitrogens with zero attached hydrogens (tertiary/aromatic N) is 2. The molecule has 3 heteroatoms. The van der Waals surface area contributed by atoms with Gasteiger partial charge in [-0.1, -0.05) is 27.7 Å². The van der Waals surface area contributed by atoms with Gasteiger partial charge >= 0.3 is 0 Å². The minimum atomic E-state index is 0.287. The van der Waals surface area contributed by atoms with E-state index in [1.54, 1.807) is 0 Å². The van der Waals surface area contributed by atoms with Crippen LogP contribution in [0.5, 0.6) is 0 Å². The van der Waals surface area contributed by atoms with E-state index in [4.69, 9.17) is 5.10 Å². The molecule has 0 bridgehead atoms. The Morgan fingerprint density at radius 3 is 2.63 bits per heavy atom. The van der Waals surface area contributed by atoms with E-state index >= 15 is 0 Å². The number of hydrogen-bond acceptors (Lipinski definition) is 2. The van der Waals surface area contributed by atoms with Gasteiger partial charge in [-0.15, -0.1) is 0 Å². The summed E-state index contributed by atoms with van der Waals surface area (Å²) in [5.74, 6) is 0. The van der Waals surface area contributed by atoms with Gasteiger partial charge in [0.2, 0.25) is 0 Å². The van der Waals surface area contributed by atoms with E-state index in [0.29, 0.717) is 6.04 Å². The molecule has 1 aromatic heterocycles. The van der Waals surface area contributed by atoms with Crippen LogP contribution < -0.4 is 5.32 Å². The first-order chi connectivity index (χ1) is 9.04. The molecule has 1 aromatic rings. The monoisotopic (exact) mass is 263 g/mol. The molecular formula is C16H29N3. The zero-order valence-electron chi connectivity index (χ0n) is 12.9. The predicted octanol–water partition coefficient (Wildman–Crippen LogP) is 3.56. The summed E-state index contributed by atoms with van der Waals surface area (Å²) in [5.41, 5.74) is 1.52. The van der Waals surface area contributed by atoms with Gasteiger partial charge in [0.25, 0.3) is 0 Å². The van der Waals surface area contributed by atoms with Crippen molar-refractivity contribution in [1.29, 1.82) is 0 Å². The lowest BCUT2D eigenvalue weighted by Gasteiger charge is -2.24.